The minimum Gasteiger partial charge on any atom is -0.356 e. The second-order valence-electron chi connectivity index (χ2n) is 3.22. The van der Waals surface area contributed by atoms with Gasteiger partial charge in [-0.05, 0) is 25.9 Å². The van der Waals surface area contributed by atoms with Crippen LogP contribution in [0.2, 0.25) is 0 Å². The zero-order valence-corrected chi connectivity index (χ0v) is 6.97. The van der Waals surface area contributed by atoms with E-state index in [0.717, 1.165) is 19.6 Å². The maximum atomic E-state index is 10.4. The Morgan fingerprint density at radius 2 is 2.55 bits per heavy atom. The molecule has 1 saturated heterocycles. The predicted molar refractivity (Wildman–Crippen MR) is 44.0 cm³/mol. The molecule has 1 fully saturated rings. The van der Waals surface area contributed by atoms with E-state index in [2.05, 4.69) is 24.2 Å². The molecule has 1 heterocycles. The summed E-state index contributed by atoms with van der Waals surface area (Å²) in [5.74, 6) is 0.463. The lowest BCUT2D eigenvalue weighted by molar-refractivity contribution is -0.116. The van der Waals surface area contributed by atoms with Crippen LogP contribution in [-0.2, 0) is 4.79 Å². The Morgan fingerprint density at radius 1 is 1.82 bits per heavy atom. The second-order valence-corrected chi connectivity index (χ2v) is 3.22. The molecule has 3 heteroatoms. The number of likely N-dealkylation sites (tertiary alicyclic amines) is 1. The van der Waals surface area contributed by atoms with E-state index in [4.69, 9.17) is 0 Å². The monoisotopic (exact) mass is 155 g/mol. The number of hydrogen-bond donors (Lipinski definition) is 1. The molecule has 63 valence electrons. The van der Waals surface area contributed by atoms with Crippen LogP contribution in [0.1, 0.15) is 6.42 Å². The smallest absolute Gasteiger partial charge is 0.220 e. The molecule has 0 bridgehead atoms. The molecule has 0 aromatic heterocycles. The van der Waals surface area contributed by atoms with Gasteiger partial charge in [0.25, 0.3) is 0 Å². The average Bonchev–Trinajstić information content (AvgIpc) is 2.31. The lowest BCUT2D eigenvalue weighted by Crippen LogP contribution is -2.28. The Hall–Kier alpha value is -0.570. The molecule has 0 aromatic rings. The number of nitrogens with zero attached hydrogens (tertiary/aromatic N) is 1. The standard InChI is InChI=1S/C8H15N2O/c1-7(11)9-5-8-3-4-10(2)6-8/h8H,1,3-6H2,2H3,(H,9,11). The largest absolute Gasteiger partial charge is 0.356 e. The maximum Gasteiger partial charge on any atom is 0.220 e. The third-order valence-corrected chi connectivity index (χ3v) is 2.08. The molecule has 0 saturated carbocycles. The fraction of sp³-hybridized carbons (Fsp3) is 0.750. The summed E-state index contributed by atoms with van der Waals surface area (Å²) in [6.07, 6.45) is 1.19. The normalized spacial score (nSPS) is 25.5. The van der Waals surface area contributed by atoms with Crippen molar-refractivity contribution in [1.29, 1.82) is 0 Å². The first-order valence-corrected chi connectivity index (χ1v) is 3.97. The molecular weight excluding hydrogens is 140 g/mol. The van der Waals surface area contributed by atoms with Crippen molar-refractivity contribution in [3.63, 3.8) is 0 Å². The third kappa shape index (κ3) is 2.89. The van der Waals surface area contributed by atoms with Crippen LogP contribution in [0.3, 0.4) is 0 Å². The van der Waals surface area contributed by atoms with E-state index >= 15 is 0 Å². The van der Waals surface area contributed by atoms with Crippen molar-refractivity contribution >= 4 is 5.91 Å². The van der Waals surface area contributed by atoms with Gasteiger partial charge in [0.2, 0.25) is 5.91 Å². The molecular formula is C8H15N2O. The molecule has 1 radical (unpaired) electrons. The summed E-state index contributed by atoms with van der Waals surface area (Å²) >= 11 is 0. The zero-order chi connectivity index (χ0) is 8.27. The lowest BCUT2D eigenvalue weighted by Gasteiger charge is -2.09. The fourth-order valence-corrected chi connectivity index (χ4v) is 1.45. The van der Waals surface area contributed by atoms with Crippen molar-refractivity contribution in [3.8, 4) is 0 Å². The second kappa shape index (κ2) is 3.72. The highest BCUT2D eigenvalue weighted by Gasteiger charge is 2.18. The van der Waals surface area contributed by atoms with Crippen molar-refractivity contribution < 1.29 is 4.79 Å². The molecule has 1 aliphatic rings. The van der Waals surface area contributed by atoms with Crippen LogP contribution in [0.15, 0.2) is 0 Å². The number of nitrogens with one attached hydrogen (secondary N) is 1. The number of carbonyl (C=O) groups is 1. The van der Waals surface area contributed by atoms with Gasteiger partial charge in [-0.2, -0.15) is 0 Å². The number of amides is 1. The molecule has 1 aliphatic heterocycles. The van der Waals surface area contributed by atoms with Crippen molar-refractivity contribution in [2.75, 3.05) is 26.7 Å². The molecule has 1 rings (SSSR count). The topological polar surface area (TPSA) is 32.3 Å². The van der Waals surface area contributed by atoms with Gasteiger partial charge < -0.3 is 10.2 Å². The Kier molecular flexibility index (Phi) is 2.88. The van der Waals surface area contributed by atoms with E-state index in [1.165, 1.54) is 6.42 Å². The van der Waals surface area contributed by atoms with Crippen LogP contribution >= 0.6 is 0 Å². The van der Waals surface area contributed by atoms with Crippen LogP contribution in [0.25, 0.3) is 0 Å². The van der Waals surface area contributed by atoms with E-state index in [-0.39, 0.29) is 5.91 Å². The van der Waals surface area contributed by atoms with Gasteiger partial charge in [0.05, 0.1) is 0 Å². The van der Waals surface area contributed by atoms with Crippen molar-refractivity contribution in [3.05, 3.63) is 6.92 Å². The van der Waals surface area contributed by atoms with Gasteiger partial charge in [-0.1, -0.05) is 0 Å². The molecule has 1 N–H and O–H groups in total. The van der Waals surface area contributed by atoms with E-state index in [1.54, 1.807) is 0 Å². The van der Waals surface area contributed by atoms with Gasteiger partial charge in [-0.25, -0.2) is 0 Å². The first-order chi connectivity index (χ1) is 5.18. The number of rotatable bonds is 2. The molecule has 0 aliphatic carbocycles. The maximum absolute atomic E-state index is 10.4. The van der Waals surface area contributed by atoms with Crippen LogP contribution in [0, 0.1) is 12.8 Å². The van der Waals surface area contributed by atoms with E-state index in [0.29, 0.717) is 5.92 Å². The quantitative estimate of drug-likeness (QED) is 0.603. The Morgan fingerprint density at radius 3 is 3.00 bits per heavy atom. The van der Waals surface area contributed by atoms with Crippen molar-refractivity contribution in [2.45, 2.75) is 6.42 Å². The summed E-state index contributed by atoms with van der Waals surface area (Å²) in [5.41, 5.74) is 0. The molecule has 3 nitrogen and oxygen atoms in total. The summed E-state index contributed by atoms with van der Waals surface area (Å²) in [7, 11) is 2.10. The molecule has 1 atom stereocenters. The molecule has 11 heavy (non-hydrogen) atoms. The van der Waals surface area contributed by atoms with Crippen LogP contribution in [0.5, 0.6) is 0 Å². The molecule has 0 spiro atoms. The van der Waals surface area contributed by atoms with Gasteiger partial charge in [0, 0.05) is 20.0 Å². The molecule has 1 unspecified atom stereocenters. The van der Waals surface area contributed by atoms with Gasteiger partial charge in [0.1, 0.15) is 0 Å². The van der Waals surface area contributed by atoms with Gasteiger partial charge in [-0.15, -0.1) is 0 Å². The lowest BCUT2D eigenvalue weighted by atomic mass is 10.1. The highest BCUT2D eigenvalue weighted by Crippen LogP contribution is 2.12. The summed E-state index contributed by atoms with van der Waals surface area (Å²) in [5, 5.41) is 2.73. The first kappa shape index (κ1) is 8.53. The summed E-state index contributed by atoms with van der Waals surface area (Å²) in [4.78, 5) is 12.7. The zero-order valence-electron chi connectivity index (χ0n) is 6.97. The van der Waals surface area contributed by atoms with Crippen LogP contribution in [-0.4, -0.2) is 37.5 Å². The highest BCUT2D eigenvalue weighted by molar-refractivity contribution is 5.79. The van der Waals surface area contributed by atoms with E-state index in [1.807, 2.05) is 0 Å². The Bertz CT molecular complexity index is 147. The van der Waals surface area contributed by atoms with E-state index in [9.17, 15) is 4.79 Å². The minimum atomic E-state index is -0.167. The SMILES string of the molecule is [CH2]C(=O)NCC1CCN(C)C1. The van der Waals surface area contributed by atoms with Gasteiger partial charge in [0.15, 0.2) is 0 Å². The van der Waals surface area contributed by atoms with Crippen LogP contribution < -0.4 is 5.32 Å². The van der Waals surface area contributed by atoms with Crippen LogP contribution in [0.4, 0.5) is 0 Å². The highest BCUT2D eigenvalue weighted by atomic mass is 16.1. The van der Waals surface area contributed by atoms with Crippen molar-refractivity contribution in [1.82, 2.24) is 10.2 Å². The van der Waals surface area contributed by atoms with Crippen molar-refractivity contribution in [2.24, 2.45) is 5.92 Å². The number of carbonyl (C=O) groups excluding carboxylic acids is 1. The van der Waals surface area contributed by atoms with Gasteiger partial charge in [-0.3, -0.25) is 4.79 Å². The molecule has 0 aromatic carbocycles. The Labute approximate surface area is 67.8 Å². The fourth-order valence-electron chi connectivity index (χ4n) is 1.45. The Balaban J connectivity index is 2.13. The summed E-state index contributed by atoms with van der Waals surface area (Å²) in [6, 6.07) is 0. The average molecular weight is 155 g/mol. The predicted octanol–water partition coefficient (Wildman–Crippen LogP) is -0.112. The summed E-state index contributed by atoms with van der Waals surface area (Å²) in [6.45, 7) is 6.29. The number of hydrogen-bond acceptors (Lipinski definition) is 2. The third-order valence-electron chi connectivity index (χ3n) is 2.08. The van der Waals surface area contributed by atoms with Gasteiger partial charge >= 0.3 is 0 Å². The summed E-state index contributed by atoms with van der Waals surface area (Å²) < 4.78 is 0. The van der Waals surface area contributed by atoms with E-state index < -0.39 is 0 Å². The first-order valence-electron chi connectivity index (χ1n) is 3.97. The molecule has 1 amide bonds. The minimum absolute atomic E-state index is 0.167.